The number of benzene rings is 3. The third-order valence-corrected chi connectivity index (χ3v) is 5.51. The first kappa shape index (κ1) is 22.0. The number of hydrogen-bond acceptors (Lipinski definition) is 6. The zero-order valence-corrected chi connectivity index (χ0v) is 18.2. The minimum absolute atomic E-state index is 0.00459. The molecule has 3 N–H and O–H groups in total. The number of halogens is 2. The van der Waals surface area contributed by atoms with E-state index in [0.717, 1.165) is 10.2 Å². The van der Waals surface area contributed by atoms with Gasteiger partial charge in [0, 0.05) is 27.5 Å². The molecular weight excluding hydrogens is 473 g/mol. The molecule has 0 heterocycles. The molecule has 0 aromatic heterocycles. The second-order valence-electron chi connectivity index (χ2n) is 6.30. The third kappa shape index (κ3) is 5.67. The number of carbonyl (C=O) groups is 1. The molecule has 5 nitrogen and oxygen atoms in total. The van der Waals surface area contributed by atoms with Gasteiger partial charge in [0.05, 0.1) is 6.61 Å². The van der Waals surface area contributed by atoms with Gasteiger partial charge in [-0.1, -0.05) is 28.1 Å². The summed E-state index contributed by atoms with van der Waals surface area (Å²) in [6, 6.07) is 15.6. The van der Waals surface area contributed by atoms with Gasteiger partial charge >= 0.3 is 5.97 Å². The van der Waals surface area contributed by atoms with Crippen molar-refractivity contribution in [2.24, 2.45) is 0 Å². The molecule has 0 fully saturated rings. The van der Waals surface area contributed by atoms with Gasteiger partial charge in [-0.15, -0.1) is 0 Å². The molecule has 156 valence electrons. The minimum atomic E-state index is -0.574. The molecule has 0 radical (unpaired) electrons. The number of nitrogens with one attached hydrogen (secondary N) is 1. The van der Waals surface area contributed by atoms with E-state index in [-0.39, 0.29) is 23.7 Å². The Bertz CT molecular complexity index is 1050. The predicted molar refractivity (Wildman–Crippen MR) is 120 cm³/mol. The van der Waals surface area contributed by atoms with Crippen molar-refractivity contribution in [2.75, 3.05) is 16.7 Å². The van der Waals surface area contributed by atoms with Gasteiger partial charge in [-0.3, -0.25) is 0 Å². The summed E-state index contributed by atoms with van der Waals surface area (Å²) in [6.45, 7) is 0.274. The summed E-state index contributed by atoms with van der Waals surface area (Å²) in [5.41, 5.74) is 1.76. The normalized spacial score (nSPS) is 10.6. The summed E-state index contributed by atoms with van der Waals surface area (Å²) < 4.78 is 21.7. The van der Waals surface area contributed by atoms with E-state index in [1.807, 2.05) is 12.1 Å². The molecule has 0 unspecified atom stereocenters. The standard InChI is InChI=1S/C22H19BrFNO4S/c23-9-2-10-29-22(28)18-7-6-16(13-21(18)27)25-30-17-4-1-3-14(11-17)19-12-15(24)5-8-20(19)26/h1,3-8,11-13,25-27H,2,9-10H2. The summed E-state index contributed by atoms with van der Waals surface area (Å²) in [6.07, 6.45) is 0.690. The number of phenols is 2. The molecule has 3 rings (SSSR count). The quantitative estimate of drug-likeness (QED) is 0.156. The van der Waals surface area contributed by atoms with Crippen molar-refractivity contribution in [3.8, 4) is 22.6 Å². The van der Waals surface area contributed by atoms with E-state index >= 15 is 0 Å². The largest absolute Gasteiger partial charge is 0.507 e. The Morgan fingerprint density at radius 3 is 2.67 bits per heavy atom. The number of rotatable bonds is 8. The smallest absolute Gasteiger partial charge is 0.341 e. The van der Waals surface area contributed by atoms with E-state index < -0.39 is 11.8 Å². The number of phenolic OH excluding ortho intramolecular Hbond substituents is 2. The van der Waals surface area contributed by atoms with Gasteiger partial charge in [-0.25, -0.2) is 9.18 Å². The van der Waals surface area contributed by atoms with Gasteiger partial charge < -0.3 is 19.7 Å². The summed E-state index contributed by atoms with van der Waals surface area (Å²) in [5.74, 6) is -1.19. The molecule has 0 amide bonds. The molecule has 0 saturated heterocycles. The highest BCUT2D eigenvalue weighted by atomic mass is 79.9. The monoisotopic (exact) mass is 491 g/mol. The van der Waals surface area contributed by atoms with E-state index in [4.69, 9.17) is 4.74 Å². The van der Waals surface area contributed by atoms with Gasteiger partial charge in [0.25, 0.3) is 0 Å². The summed E-state index contributed by atoms with van der Waals surface area (Å²) in [4.78, 5) is 12.8. The van der Waals surface area contributed by atoms with Crippen LogP contribution in [0.5, 0.6) is 11.5 Å². The van der Waals surface area contributed by atoms with Crippen LogP contribution in [0.3, 0.4) is 0 Å². The summed E-state index contributed by atoms with van der Waals surface area (Å²) in [5, 5.41) is 20.9. The number of anilines is 1. The van der Waals surface area contributed by atoms with Crippen molar-refractivity contribution in [3.63, 3.8) is 0 Å². The molecule has 0 aliphatic rings. The van der Waals surface area contributed by atoms with Crippen LogP contribution in [0, 0.1) is 5.82 Å². The molecule has 0 spiro atoms. The number of ether oxygens (including phenoxy) is 1. The zero-order chi connectivity index (χ0) is 21.5. The molecule has 0 atom stereocenters. The highest BCUT2D eigenvalue weighted by molar-refractivity contribution is 9.09. The predicted octanol–water partition coefficient (Wildman–Crippen LogP) is 5.96. The van der Waals surface area contributed by atoms with Crippen LogP contribution in [-0.2, 0) is 4.74 Å². The van der Waals surface area contributed by atoms with Crippen molar-refractivity contribution in [1.29, 1.82) is 0 Å². The number of carbonyl (C=O) groups excluding carboxylic acids is 1. The van der Waals surface area contributed by atoms with E-state index in [1.54, 1.807) is 18.2 Å². The average molecular weight is 492 g/mol. The molecule has 8 heteroatoms. The lowest BCUT2D eigenvalue weighted by Crippen LogP contribution is -2.07. The van der Waals surface area contributed by atoms with Crippen LogP contribution < -0.4 is 4.72 Å². The number of aromatic hydroxyl groups is 2. The molecule has 3 aromatic rings. The lowest BCUT2D eigenvalue weighted by atomic mass is 10.0. The van der Waals surface area contributed by atoms with Gasteiger partial charge in [0.1, 0.15) is 22.9 Å². The van der Waals surface area contributed by atoms with E-state index in [0.29, 0.717) is 23.2 Å². The van der Waals surface area contributed by atoms with Crippen LogP contribution in [0.2, 0.25) is 0 Å². The Hall–Kier alpha value is -2.71. The molecule has 0 aliphatic carbocycles. The van der Waals surface area contributed by atoms with Crippen LogP contribution >= 0.6 is 27.9 Å². The fraction of sp³-hybridized carbons (Fsp3) is 0.136. The Balaban J connectivity index is 1.68. The summed E-state index contributed by atoms with van der Waals surface area (Å²) in [7, 11) is 0. The minimum Gasteiger partial charge on any atom is -0.507 e. The van der Waals surface area contributed by atoms with Crippen molar-refractivity contribution < 1.29 is 24.1 Å². The van der Waals surface area contributed by atoms with Crippen molar-refractivity contribution in [2.45, 2.75) is 11.3 Å². The first-order valence-corrected chi connectivity index (χ1v) is 11.0. The number of esters is 1. The Morgan fingerprint density at radius 2 is 1.90 bits per heavy atom. The van der Waals surface area contributed by atoms with Crippen LogP contribution in [-0.4, -0.2) is 28.1 Å². The lowest BCUT2D eigenvalue weighted by Gasteiger charge is -2.10. The van der Waals surface area contributed by atoms with Crippen LogP contribution in [0.25, 0.3) is 11.1 Å². The van der Waals surface area contributed by atoms with Gasteiger partial charge in [0.15, 0.2) is 0 Å². The van der Waals surface area contributed by atoms with Gasteiger partial charge in [0.2, 0.25) is 0 Å². The van der Waals surface area contributed by atoms with E-state index in [2.05, 4.69) is 20.7 Å². The van der Waals surface area contributed by atoms with E-state index in [9.17, 15) is 19.4 Å². The maximum Gasteiger partial charge on any atom is 0.341 e. The second kappa shape index (κ2) is 10.4. The van der Waals surface area contributed by atoms with Crippen LogP contribution in [0.1, 0.15) is 16.8 Å². The summed E-state index contributed by atoms with van der Waals surface area (Å²) >= 11 is 4.53. The molecule has 0 bridgehead atoms. The van der Waals surface area contributed by atoms with Crippen molar-refractivity contribution in [1.82, 2.24) is 0 Å². The molecule has 30 heavy (non-hydrogen) atoms. The SMILES string of the molecule is O=C(OCCCBr)c1ccc(NSc2cccc(-c3cc(F)ccc3O)c2)cc1O. The fourth-order valence-corrected chi connectivity index (χ4v) is 3.57. The van der Waals surface area contributed by atoms with Gasteiger partial charge in [-0.2, -0.15) is 0 Å². The van der Waals surface area contributed by atoms with E-state index in [1.165, 1.54) is 42.3 Å². The molecular formula is C22H19BrFNO4S. The topological polar surface area (TPSA) is 78.8 Å². The highest BCUT2D eigenvalue weighted by Gasteiger charge is 2.13. The van der Waals surface area contributed by atoms with Crippen LogP contribution in [0.15, 0.2) is 65.6 Å². The average Bonchev–Trinajstić information content (AvgIpc) is 2.74. The Morgan fingerprint density at radius 1 is 1.07 bits per heavy atom. The lowest BCUT2D eigenvalue weighted by molar-refractivity contribution is 0.0503. The number of hydrogen-bond donors (Lipinski definition) is 3. The first-order chi connectivity index (χ1) is 14.5. The Labute approximate surface area is 186 Å². The fourth-order valence-electron chi connectivity index (χ4n) is 2.65. The maximum absolute atomic E-state index is 13.5. The second-order valence-corrected chi connectivity index (χ2v) is 7.98. The van der Waals surface area contributed by atoms with Crippen molar-refractivity contribution >= 4 is 39.5 Å². The van der Waals surface area contributed by atoms with Crippen molar-refractivity contribution in [3.05, 3.63) is 72.0 Å². The van der Waals surface area contributed by atoms with Crippen LogP contribution in [0.4, 0.5) is 10.1 Å². The third-order valence-electron chi connectivity index (χ3n) is 4.12. The maximum atomic E-state index is 13.5. The molecule has 0 aliphatic heterocycles. The zero-order valence-electron chi connectivity index (χ0n) is 15.8. The van der Waals surface area contributed by atoms with Gasteiger partial charge in [-0.05, 0) is 66.4 Å². The Kier molecular flexibility index (Phi) is 7.59. The molecule has 0 saturated carbocycles. The first-order valence-electron chi connectivity index (χ1n) is 9.06. The number of alkyl halides is 1. The molecule has 3 aromatic carbocycles. The highest BCUT2D eigenvalue weighted by Crippen LogP contribution is 2.33.